The minimum absolute atomic E-state index is 0.0145. The maximum atomic E-state index is 12.5. The van der Waals surface area contributed by atoms with Crippen LogP contribution in [0.2, 0.25) is 0 Å². The van der Waals surface area contributed by atoms with Crippen LogP contribution in [0.4, 0.5) is 5.69 Å². The summed E-state index contributed by atoms with van der Waals surface area (Å²) in [6.07, 6.45) is 0.876. The molecule has 0 aliphatic carbocycles. The standard InChI is InChI=1S/C17H20N2O/c1-3-16(13-7-5-4-6-8-13)19(2)17(20)14-9-11-15(18)12-10-14/h4-12,16H,3,18H2,1-2H3/t16-/m1/s1. The van der Waals surface area contributed by atoms with Gasteiger partial charge in [-0.3, -0.25) is 4.79 Å². The molecule has 3 nitrogen and oxygen atoms in total. The summed E-state index contributed by atoms with van der Waals surface area (Å²) in [5.74, 6) is 0.0145. The van der Waals surface area contributed by atoms with Crippen LogP contribution in [-0.2, 0) is 0 Å². The first-order valence-corrected chi connectivity index (χ1v) is 6.81. The Morgan fingerprint density at radius 3 is 2.25 bits per heavy atom. The number of benzene rings is 2. The highest BCUT2D eigenvalue weighted by Crippen LogP contribution is 2.24. The molecule has 0 spiro atoms. The molecule has 0 fully saturated rings. The number of nitrogens with two attached hydrogens (primary N) is 1. The maximum absolute atomic E-state index is 12.5. The number of nitrogen functional groups attached to an aromatic ring is 1. The van der Waals surface area contributed by atoms with Gasteiger partial charge in [0.05, 0.1) is 6.04 Å². The molecule has 1 amide bonds. The fourth-order valence-corrected chi connectivity index (χ4v) is 2.38. The number of hydrogen-bond donors (Lipinski definition) is 1. The number of rotatable bonds is 4. The van der Waals surface area contributed by atoms with Crippen molar-refractivity contribution in [2.75, 3.05) is 12.8 Å². The number of anilines is 1. The lowest BCUT2D eigenvalue weighted by Crippen LogP contribution is -2.30. The molecule has 2 rings (SSSR count). The van der Waals surface area contributed by atoms with Crippen molar-refractivity contribution in [3.63, 3.8) is 0 Å². The Morgan fingerprint density at radius 1 is 1.10 bits per heavy atom. The molecule has 0 aliphatic rings. The van der Waals surface area contributed by atoms with E-state index in [4.69, 9.17) is 5.73 Å². The molecule has 0 bridgehead atoms. The van der Waals surface area contributed by atoms with Gasteiger partial charge in [0.2, 0.25) is 0 Å². The molecule has 20 heavy (non-hydrogen) atoms. The van der Waals surface area contributed by atoms with Crippen molar-refractivity contribution < 1.29 is 4.79 Å². The largest absolute Gasteiger partial charge is 0.399 e. The van der Waals surface area contributed by atoms with E-state index in [0.717, 1.165) is 12.0 Å². The van der Waals surface area contributed by atoms with E-state index in [9.17, 15) is 4.79 Å². The van der Waals surface area contributed by atoms with Crippen LogP contribution < -0.4 is 5.73 Å². The predicted molar refractivity (Wildman–Crippen MR) is 82.4 cm³/mol. The van der Waals surface area contributed by atoms with E-state index >= 15 is 0 Å². The van der Waals surface area contributed by atoms with Gasteiger partial charge in [-0.2, -0.15) is 0 Å². The average Bonchev–Trinajstić information content (AvgIpc) is 2.49. The molecule has 0 radical (unpaired) electrons. The topological polar surface area (TPSA) is 46.3 Å². The van der Waals surface area contributed by atoms with Crippen LogP contribution in [0.15, 0.2) is 54.6 Å². The van der Waals surface area contributed by atoms with Crippen molar-refractivity contribution in [1.82, 2.24) is 4.90 Å². The molecular formula is C17H20N2O. The van der Waals surface area contributed by atoms with Crippen LogP contribution in [0.3, 0.4) is 0 Å². The van der Waals surface area contributed by atoms with E-state index in [1.54, 1.807) is 29.2 Å². The number of amides is 1. The van der Waals surface area contributed by atoms with Crippen LogP contribution in [0.5, 0.6) is 0 Å². The fourth-order valence-electron chi connectivity index (χ4n) is 2.38. The van der Waals surface area contributed by atoms with Crippen molar-refractivity contribution in [2.45, 2.75) is 19.4 Å². The second-order valence-electron chi connectivity index (χ2n) is 4.87. The van der Waals surface area contributed by atoms with Crippen LogP contribution in [0, 0.1) is 0 Å². The second-order valence-corrected chi connectivity index (χ2v) is 4.87. The van der Waals surface area contributed by atoms with Crippen molar-refractivity contribution in [2.24, 2.45) is 0 Å². The average molecular weight is 268 g/mol. The van der Waals surface area contributed by atoms with Gasteiger partial charge < -0.3 is 10.6 Å². The van der Waals surface area contributed by atoms with E-state index in [2.05, 4.69) is 19.1 Å². The lowest BCUT2D eigenvalue weighted by Gasteiger charge is -2.28. The Kier molecular flexibility index (Phi) is 4.41. The van der Waals surface area contributed by atoms with E-state index < -0.39 is 0 Å². The molecule has 1 atom stereocenters. The first-order chi connectivity index (χ1) is 9.63. The van der Waals surface area contributed by atoms with E-state index in [1.165, 1.54) is 0 Å². The van der Waals surface area contributed by atoms with Gasteiger partial charge in [0, 0.05) is 18.3 Å². The molecule has 0 heterocycles. The molecular weight excluding hydrogens is 248 g/mol. The summed E-state index contributed by atoms with van der Waals surface area (Å²) in [5.41, 5.74) is 8.14. The summed E-state index contributed by atoms with van der Waals surface area (Å²) in [6, 6.07) is 17.2. The Morgan fingerprint density at radius 2 is 1.70 bits per heavy atom. The minimum Gasteiger partial charge on any atom is -0.399 e. The highest BCUT2D eigenvalue weighted by atomic mass is 16.2. The van der Waals surface area contributed by atoms with Gasteiger partial charge >= 0.3 is 0 Å². The van der Waals surface area contributed by atoms with E-state index in [0.29, 0.717) is 11.3 Å². The number of carbonyl (C=O) groups is 1. The zero-order chi connectivity index (χ0) is 14.5. The van der Waals surface area contributed by atoms with Crippen LogP contribution >= 0.6 is 0 Å². The van der Waals surface area contributed by atoms with Gasteiger partial charge in [-0.05, 0) is 36.2 Å². The molecule has 0 unspecified atom stereocenters. The van der Waals surface area contributed by atoms with Gasteiger partial charge in [0.15, 0.2) is 0 Å². The molecule has 3 heteroatoms. The van der Waals surface area contributed by atoms with Crippen LogP contribution in [0.1, 0.15) is 35.3 Å². The molecule has 2 aromatic rings. The summed E-state index contributed by atoms with van der Waals surface area (Å²) >= 11 is 0. The van der Waals surface area contributed by atoms with Crippen molar-refractivity contribution in [1.29, 1.82) is 0 Å². The second kappa shape index (κ2) is 6.24. The van der Waals surface area contributed by atoms with Crippen molar-refractivity contribution in [3.05, 3.63) is 65.7 Å². The first kappa shape index (κ1) is 14.1. The zero-order valence-electron chi connectivity index (χ0n) is 11.9. The summed E-state index contributed by atoms with van der Waals surface area (Å²) in [7, 11) is 1.85. The molecule has 0 aliphatic heterocycles. The molecule has 2 aromatic carbocycles. The molecule has 2 N–H and O–H groups in total. The third kappa shape index (κ3) is 2.99. The Bertz CT molecular complexity index is 563. The number of nitrogens with zero attached hydrogens (tertiary/aromatic N) is 1. The highest BCUT2D eigenvalue weighted by Gasteiger charge is 2.20. The SMILES string of the molecule is CC[C@H](c1ccccc1)N(C)C(=O)c1ccc(N)cc1. The van der Waals surface area contributed by atoms with Crippen molar-refractivity contribution in [3.8, 4) is 0 Å². The third-order valence-electron chi connectivity index (χ3n) is 3.52. The summed E-state index contributed by atoms with van der Waals surface area (Å²) in [4.78, 5) is 14.3. The zero-order valence-corrected chi connectivity index (χ0v) is 11.9. The first-order valence-electron chi connectivity index (χ1n) is 6.81. The molecule has 0 saturated heterocycles. The van der Waals surface area contributed by atoms with Gasteiger partial charge in [0.25, 0.3) is 5.91 Å². The predicted octanol–water partition coefficient (Wildman–Crippen LogP) is 3.49. The van der Waals surface area contributed by atoms with Gasteiger partial charge in [-0.15, -0.1) is 0 Å². The van der Waals surface area contributed by atoms with Crippen molar-refractivity contribution >= 4 is 11.6 Å². The highest BCUT2D eigenvalue weighted by molar-refractivity contribution is 5.94. The molecule has 0 saturated carbocycles. The molecule has 0 aromatic heterocycles. The normalized spacial score (nSPS) is 11.9. The lowest BCUT2D eigenvalue weighted by atomic mass is 10.0. The summed E-state index contributed by atoms with van der Waals surface area (Å²) in [6.45, 7) is 2.09. The quantitative estimate of drug-likeness (QED) is 0.863. The summed E-state index contributed by atoms with van der Waals surface area (Å²) < 4.78 is 0. The lowest BCUT2D eigenvalue weighted by molar-refractivity contribution is 0.0726. The fraction of sp³-hybridized carbons (Fsp3) is 0.235. The monoisotopic (exact) mass is 268 g/mol. The van der Waals surface area contributed by atoms with Crippen LogP contribution in [-0.4, -0.2) is 17.9 Å². The third-order valence-corrected chi connectivity index (χ3v) is 3.52. The maximum Gasteiger partial charge on any atom is 0.254 e. The van der Waals surface area contributed by atoms with E-state index in [1.807, 2.05) is 25.2 Å². The van der Waals surface area contributed by atoms with Gasteiger partial charge in [0.1, 0.15) is 0 Å². The van der Waals surface area contributed by atoms with Gasteiger partial charge in [-0.25, -0.2) is 0 Å². The Balaban J connectivity index is 2.22. The van der Waals surface area contributed by atoms with Gasteiger partial charge in [-0.1, -0.05) is 37.3 Å². The Hall–Kier alpha value is -2.29. The van der Waals surface area contributed by atoms with Crippen LogP contribution in [0.25, 0.3) is 0 Å². The molecule has 104 valence electrons. The Labute approximate surface area is 120 Å². The number of hydrogen-bond acceptors (Lipinski definition) is 2. The number of carbonyl (C=O) groups excluding carboxylic acids is 1. The van der Waals surface area contributed by atoms with E-state index in [-0.39, 0.29) is 11.9 Å². The smallest absolute Gasteiger partial charge is 0.254 e. The minimum atomic E-state index is 0.0145. The summed E-state index contributed by atoms with van der Waals surface area (Å²) in [5, 5.41) is 0.